The molecular weight excluding hydrogens is 486 g/mol. The minimum atomic E-state index is -4.46. The standard InChI is InChI=1S/C20H20ClF4N5O4/c21-12-2-3-13-14(15(12)22)19(34-18(32)28-13)4-1-5-29(9-19)17(31)11-8-27-30(16(11)26)6-7-33-10-20(23,24)25/h2-3,8H,1,4-7,9-10,26H2,(H,28,32)/t19-/m0/s1. The van der Waals surface area contributed by atoms with Crippen molar-refractivity contribution in [3.8, 4) is 0 Å². The number of nitrogen functional groups attached to an aromatic ring is 1. The molecule has 0 aliphatic carbocycles. The molecular formula is C20H20ClF4N5O4. The first-order chi connectivity index (χ1) is 16.0. The Balaban J connectivity index is 1.53. The number of nitrogens with one attached hydrogen (secondary N) is 1. The third-order valence-electron chi connectivity index (χ3n) is 5.64. The van der Waals surface area contributed by atoms with Gasteiger partial charge in [-0.2, -0.15) is 18.3 Å². The van der Waals surface area contributed by atoms with E-state index in [9.17, 15) is 27.2 Å². The topological polar surface area (TPSA) is 112 Å². The van der Waals surface area contributed by atoms with Gasteiger partial charge in [0.1, 0.15) is 18.0 Å². The lowest BCUT2D eigenvalue weighted by Crippen LogP contribution is -2.53. The number of fused-ring (bicyclic) bond motifs is 2. The Morgan fingerprint density at radius 2 is 2.15 bits per heavy atom. The molecule has 2 aliphatic rings. The molecule has 14 heteroatoms. The van der Waals surface area contributed by atoms with E-state index in [4.69, 9.17) is 22.1 Å². The average Bonchev–Trinajstić information content (AvgIpc) is 3.12. The predicted molar refractivity (Wildman–Crippen MR) is 112 cm³/mol. The number of benzene rings is 1. The number of hydrogen-bond donors (Lipinski definition) is 2. The van der Waals surface area contributed by atoms with Crippen molar-refractivity contribution >= 4 is 35.1 Å². The van der Waals surface area contributed by atoms with Crippen LogP contribution in [0.1, 0.15) is 28.8 Å². The fraction of sp³-hybridized carbons (Fsp3) is 0.450. The largest absolute Gasteiger partial charge is 0.436 e. The van der Waals surface area contributed by atoms with E-state index < -0.39 is 36.2 Å². The highest BCUT2D eigenvalue weighted by molar-refractivity contribution is 6.31. The van der Waals surface area contributed by atoms with Crippen molar-refractivity contribution in [1.29, 1.82) is 0 Å². The van der Waals surface area contributed by atoms with Crippen LogP contribution in [-0.4, -0.2) is 59.2 Å². The fourth-order valence-corrected chi connectivity index (χ4v) is 4.35. The molecule has 1 aromatic heterocycles. The van der Waals surface area contributed by atoms with Gasteiger partial charge >= 0.3 is 12.3 Å². The molecule has 9 nitrogen and oxygen atoms in total. The molecule has 2 amide bonds. The van der Waals surface area contributed by atoms with Crippen molar-refractivity contribution in [3.05, 3.63) is 40.3 Å². The van der Waals surface area contributed by atoms with Crippen molar-refractivity contribution in [2.45, 2.75) is 31.2 Å². The van der Waals surface area contributed by atoms with E-state index >= 15 is 0 Å². The van der Waals surface area contributed by atoms with Crippen molar-refractivity contribution in [2.75, 3.05) is 37.4 Å². The number of alkyl halides is 3. The van der Waals surface area contributed by atoms with E-state index in [-0.39, 0.29) is 60.3 Å². The highest BCUT2D eigenvalue weighted by Gasteiger charge is 2.48. The first kappa shape index (κ1) is 24.1. The zero-order chi connectivity index (χ0) is 24.7. The highest BCUT2D eigenvalue weighted by atomic mass is 35.5. The van der Waals surface area contributed by atoms with Crippen LogP contribution in [0.2, 0.25) is 5.02 Å². The number of piperidine rings is 1. The van der Waals surface area contributed by atoms with Gasteiger partial charge in [-0.3, -0.25) is 10.1 Å². The number of anilines is 2. The maximum atomic E-state index is 15.0. The van der Waals surface area contributed by atoms with Crippen molar-refractivity contribution < 1.29 is 36.6 Å². The summed E-state index contributed by atoms with van der Waals surface area (Å²) < 4.78 is 62.8. The Kier molecular flexibility index (Phi) is 6.34. The lowest BCUT2D eigenvalue weighted by atomic mass is 9.83. The lowest BCUT2D eigenvalue weighted by molar-refractivity contribution is -0.174. The summed E-state index contributed by atoms with van der Waals surface area (Å²) in [5.74, 6) is -1.35. The molecule has 3 heterocycles. The summed E-state index contributed by atoms with van der Waals surface area (Å²) in [5, 5.41) is 6.24. The van der Waals surface area contributed by atoms with Gasteiger partial charge in [0.2, 0.25) is 0 Å². The van der Waals surface area contributed by atoms with Crippen molar-refractivity contribution in [1.82, 2.24) is 14.7 Å². The van der Waals surface area contributed by atoms with Gasteiger partial charge in [-0.1, -0.05) is 11.6 Å². The number of carbonyl (C=O) groups is 2. The molecule has 2 aliphatic heterocycles. The van der Waals surface area contributed by atoms with E-state index in [1.54, 1.807) is 0 Å². The van der Waals surface area contributed by atoms with E-state index in [2.05, 4.69) is 15.2 Å². The number of nitrogens with zero attached hydrogens (tertiary/aromatic N) is 3. The fourth-order valence-electron chi connectivity index (χ4n) is 4.19. The molecule has 1 spiro atoms. The minimum absolute atomic E-state index is 0.0138. The summed E-state index contributed by atoms with van der Waals surface area (Å²) in [7, 11) is 0. The van der Waals surface area contributed by atoms with E-state index in [1.165, 1.54) is 23.2 Å². The van der Waals surface area contributed by atoms with Gasteiger partial charge in [0.05, 0.1) is 42.2 Å². The average molecular weight is 506 g/mol. The predicted octanol–water partition coefficient (Wildman–Crippen LogP) is 3.53. The molecule has 0 radical (unpaired) electrons. The van der Waals surface area contributed by atoms with Gasteiger partial charge in [0, 0.05) is 6.54 Å². The summed E-state index contributed by atoms with van der Waals surface area (Å²) in [6.45, 7) is -1.69. The van der Waals surface area contributed by atoms with Crippen LogP contribution in [-0.2, 0) is 21.6 Å². The molecule has 0 saturated carbocycles. The number of halogens is 5. The number of amides is 2. The first-order valence-corrected chi connectivity index (χ1v) is 10.6. The van der Waals surface area contributed by atoms with Crippen LogP contribution in [0.4, 0.5) is 33.9 Å². The van der Waals surface area contributed by atoms with Crippen molar-refractivity contribution in [3.63, 3.8) is 0 Å². The number of ether oxygens (including phenoxy) is 2. The SMILES string of the molecule is Nc1c(C(=O)N2CCC[C@@]3(C2)OC(=O)Nc2ccc(Cl)c(F)c23)cnn1CCOCC(F)(F)F. The monoisotopic (exact) mass is 505 g/mol. The third kappa shape index (κ3) is 4.62. The van der Waals surface area contributed by atoms with Gasteiger partial charge in [-0.15, -0.1) is 0 Å². The number of rotatable bonds is 5. The number of carbonyl (C=O) groups excluding carboxylic acids is 2. The second-order valence-corrected chi connectivity index (χ2v) is 8.36. The van der Waals surface area contributed by atoms with Gasteiger partial charge in [0.15, 0.2) is 11.4 Å². The number of aromatic nitrogens is 2. The van der Waals surface area contributed by atoms with Gasteiger partial charge in [0.25, 0.3) is 5.91 Å². The minimum Gasteiger partial charge on any atom is -0.436 e. The Hall–Kier alpha value is -3.06. The van der Waals surface area contributed by atoms with Crippen LogP contribution in [0.15, 0.2) is 18.3 Å². The normalized spacial score (nSPS) is 20.1. The Bertz CT molecular complexity index is 1130. The maximum absolute atomic E-state index is 15.0. The molecule has 184 valence electrons. The summed E-state index contributed by atoms with van der Waals surface area (Å²) in [5.41, 5.74) is 4.83. The molecule has 1 atom stereocenters. The van der Waals surface area contributed by atoms with Crippen LogP contribution < -0.4 is 11.1 Å². The number of nitrogens with two attached hydrogens (primary N) is 1. The molecule has 34 heavy (non-hydrogen) atoms. The molecule has 4 rings (SSSR count). The summed E-state index contributed by atoms with van der Waals surface area (Å²) in [6, 6.07) is 2.78. The van der Waals surface area contributed by atoms with E-state index in [0.717, 1.165) is 4.68 Å². The smallest absolute Gasteiger partial charge is 0.412 e. The zero-order valence-corrected chi connectivity index (χ0v) is 18.4. The lowest BCUT2D eigenvalue weighted by Gasteiger charge is -2.45. The summed E-state index contributed by atoms with van der Waals surface area (Å²) in [6.07, 6.45) is -3.39. The van der Waals surface area contributed by atoms with E-state index in [0.29, 0.717) is 6.42 Å². The molecule has 0 unspecified atom stereocenters. The quantitative estimate of drug-likeness (QED) is 0.475. The maximum Gasteiger partial charge on any atom is 0.412 e. The molecule has 1 aromatic carbocycles. The van der Waals surface area contributed by atoms with Gasteiger partial charge < -0.3 is 20.1 Å². The van der Waals surface area contributed by atoms with Crippen LogP contribution >= 0.6 is 11.6 Å². The molecule has 1 saturated heterocycles. The zero-order valence-electron chi connectivity index (χ0n) is 17.6. The van der Waals surface area contributed by atoms with E-state index in [1.807, 2.05) is 0 Å². The first-order valence-electron chi connectivity index (χ1n) is 10.2. The van der Waals surface area contributed by atoms with Crippen LogP contribution in [0, 0.1) is 5.82 Å². The van der Waals surface area contributed by atoms with Gasteiger partial charge in [-0.25, -0.2) is 13.9 Å². The van der Waals surface area contributed by atoms with Crippen LogP contribution in [0.5, 0.6) is 0 Å². The summed E-state index contributed by atoms with van der Waals surface area (Å²) in [4.78, 5) is 26.7. The Morgan fingerprint density at radius 1 is 1.38 bits per heavy atom. The number of likely N-dealkylation sites (tertiary alicyclic amines) is 1. The molecule has 3 N–H and O–H groups in total. The van der Waals surface area contributed by atoms with Gasteiger partial charge in [-0.05, 0) is 25.0 Å². The number of hydrogen-bond acceptors (Lipinski definition) is 6. The van der Waals surface area contributed by atoms with Crippen LogP contribution in [0.3, 0.4) is 0 Å². The molecule has 2 aromatic rings. The Labute approximate surface area is 195 Å². The Morgan fingerprint density at radius 3 is 2.88 bits per heavy atom. The highest BCUT2D eigenvalue weighted by Crippen LogP contribution is 2.45. The van der Waals surface area contributed by atoms with Crippen molar-refractivity contribution in [2.24, 2.45) is 0 Å². The third-order valence-corrected chi connectivity index (χ3v) is 5.93. The molecule has 1 fully saturated rings. The van der Waals surface area contributed by atoms with Crippen LogP contribution in [0.25, 0.3) is 0 Å². The second kappa shape index (κ2) is 8.95. The second-order valence-electron chi connectivity index (χ2n) is 7.96. The molecule has 0 bridgehead atoms. The summed E-state index contributed by atoms with van der Waals surface area (Å²) >= 11 is 5.96.